The van der Waals surface area contributed by atoms with E-state index < -0.39 is 11.9 Å². The van der Waals surface area contributed by atoms with Crippen LogP contribution in [0, 0.1) is 5.92 Å². The number of carbonyl (C=O) groups excluding carboxylic acids is 2. The molecule has 0 saturated carbocycles. The van der Waals surface area contributed by atoms with Gasteiger partial charge in [0.15, 0.2) is 0 Å². The zero-order chi connectivity index (χ0) is 18.4. The number of nitrogens with zero attached hydrogens (tertiary/aromatic N) is 2. The van der Waals surface area contributed by atoms with Crippen LogP contribution >= 0.6 is 0 Å². The number of carboxylic acid groups (broad SMARTS) is 1. The number of hydrogen-bond acceptors (Lipinski definition) is 3. The molecule has 7 heteroatoms. The second-order valence-electron chi connectivity index (χ2n) is 6.38. The first-order valence-corrected chi connectivity index (χ1v) is 8.50. The lowest BCUT2D eigenvalue weighted by Crippen LogP contribution is -2.41. The van der Waals surface area contributed by atoms with Crippen LogP contribution in [0.15, 0.2) is 24.3 Å². The van der Waals surface area contributed by atoms with Gasteiger partial charge in [0, 0.05) is 38.8 Å². The molecule has 3 amide bonds. The van der Waals surface area contributed by atoms with Gasteiger partial charge >= 0.3 is 12.0 Å². The maximum atomic E-state index is 12.3. The average Bonchev–Trinajstić information content (AvgIpc) is 3.02. The third-order valence-electron chi connectivity index (χ3n) is 4.35. The van der Waals surface area contributed by atoms with Gasteiger partial charge in [0.2, 0.25) is 5.91 Å². The molecule has 1 heterocycles. The molecule has 0 fully saturated rings. The van der Waals surface area contributed by atoms with Crippen LogP contribution in [0.25, 0.3) is 0 Å². The zero-order valence-corrected chi connectivity index (χ0v) is 14.7. The van der Waals surface area contributed by atoms with Gasteiger partial charge in [-0.1, -0.05) is 25.1 Å². The molecule has 1 aliphatic rings. The fourth-order valence-corrected chi connectivity index (χ4v) is 2.87. The van der Waals surface area contributed by atoms with Crippen molar-refractivity contribution in [1.29, 1.82) is 0 Å². The Kier molecular flexibility index (Phi) is 6.38. The minimum Gasteiger partial charge on any atom is -0.481 e. The van der Waals surface area contributed by atoms with Crippen molar-refractivity contribution in [2.45, 2.75) is 26.2 Å². The molecule has 0 aliphatic carbocycles. The largest absolute Gasteiger partial charge is 0.481 e. The summed E-state index contributed by atoms with van der Waals surface area (Å²) in [6.07, 6.45) is 1.79. The summed E-state index contributed by atoms with van der Waals surface area (Å²) in [7, 11) is 1.56. The molecule has 0 saturated heterocycles. The molecule has 136 valence electrons. The van der Waals surface area contributed by atoms with E-state index in [4.69, 9.17) is 5.11 Å². The molecule has 0 aromatic heterocycles. The summed E-state index contributed by atoms with van der Waals surface area (Å²) in [6.45, 7) is 2.79. The Morgan fingerprint density at radius 3 is 2.76 bits per heavy atom. The summed E-state index contributed by atoms with van der Waals surface area (Å²) in [5, 5.41) is 11.6. The van der Waals surface area contributed by atoms with Crippen molar-refractivity contribution in [1.82, 2.24) is 10.2 Å². The number of anilines is 1. The lowest BCUT2D eigenvalue weighted by Gasteiger charge is -2.20. The number of fused-ring (bicyclic) bond motifs is 1. The number of benzene rings is 1. The molecule has 0 radical (unpaired) electrons. The molecule has 2 N–H and O–H groups in total. The number of amides is 3. The van der Waals surface area contributed by atoms with Crippen molar-refractivity contribution in [3.05, 3.63) is 29.8 Å². The van der Waals surface area contributed by atoms with Gasteiger partial charge in [-0.15, -0.1) is 0 Å². The Bertz CT molecular complexity index is 647. The van der Waals surface area contributed by atoms with Crippen LogP contribution in [0.3, 0.4) is 0 Å². The number of para-hydroxylation sites is 1. The van der Waals surface area contributed by atoms with Crippen molar-refractivity contribution in [2.24, 2.45) is 5.92 Å². The molecule has 1 aromatic rings. The summed E-state index contributed by atoms with van der Waals surface area (Å²) in [6, 6.07) is 7.58. The van der Waals surface area contributed by atoms with Gasteiger partial charge < -0.3 is 20.2 Å². The van der Waals surface area contributed by atoms with Crippen molar-refractivity contribution < 1.29 is 19.5 Å². The highest BCUT2D eigenvalue weighted by molar-refractivity contribution is 5.95. The fraction of sp³-hybridized carbons (Fsp3) is 0.500. The quantitative estimate of drug-likeness (QED) is 0.735. The van der Waals surface area contributed by atoms with Crippen LogP contribution in [0.5, 0.6) is 0 Å². The van der Waals surface area contributed by atoms with Crippen molar-refractivity contribution in [3.63, 3.8) is 0 Å². The van der Waals surface area contributed by atoms with Crippen LogP contribution in [0.2, 0.25) is 0 Å². The van der Waals surface area contributed by atoms with Gasteiger partial charge in [-0.05, 0) is 24.5 Å². The summed E-state index contributed by atoms with van der Waals surface area (Å²) >= 11 is 0. The topological polar surface area (TPSA) is 90.0 Å². The molecule has 1 unspecified atom stereocenters. The molecule has 7 nitrogen and oxygen atoms in total. The number of carboxylic acids is 1. The monoisotopic (exact) mass is 347 g/mol. The summed E-state index contributed by atoms with van der Waals surface area (Å²) in [5.74, 6) is -1.49. The van der Waals surface area contributed by atoms with E-state index in [0.29, 0.717) is 25.9 Å². The van der Waals surface area contributed by atoms with E-state index in [1.165, 1.54) is 10.5 Å². The van der Waals surface area contributed by atoms with E-state index in [9.17, 15) is 14.4 Å². The minimum atomic E-state index is -0.934. The molecule has 1 atom stereocenters. The SMILES string of the molecule is CC(CN(C)C(=O)NCCCC(=O)N1CCc2ccccc21)C(=O)O. The third kappa shape index (κ3) is 4.95. The van der Waals surface area contributed by atoms with Crippen molar-refractivity contribution in [3.8, 4) is 0 Å². The van der Waals surface area contributed by atoms with Crippen molar-refractivity contribution in [2.75, 3.05) is 31.6 Å². The minimum absolute atomic E-state index is 0.0621. The van der Waals surface area contributed by atoms with E-state index in [-0.39, 0.29) is 18.5 Å². The Labute approximate surface area is 147 Å². The number of carbonyl (C=O) groups is 3. The molecule has 2 rings (SSSR count). The number of hydrogen-bond donors (Lipinski definition) is 2. The normalized spacial score (nSPS) is 13.9. The van der Waals surface area contributed by atoms with Crippen molar-refractivity contribution >= 4 is 23.6 Å². The smallest absolute Gasteiger partial charge is 0.317 e. The van der Waals surface area contributed by atoms with Gasteiger partial charge in [-0.3, -0.25) is 9.59 Å². The third-order valence-corrected chi connectivity index (χ3v) is 4.35. The maximum Gasteiger partial charge on any atom is 0.317 e. The zero-order valence-electron chi connectivity index (χ0n) is 14.7. The number of rotatable bonds is 7. The van der Waals surface area contributed by atoms with E-state index in [1.54, 1.807) is 18.9 Å². The highest BCUT2D eigenvalue weighted by atomic mass is 16.4. The lowest BCUT2D eigenvalue weighted by molar-refractivity contribution is -0.141. The van der Waals surface area contributed by atoms with E-state index in [0.717, 1.165) is 12.1 Å². The predicted molar refractivity (Wildman–Crippen MR) is 94.6 cm³/mol. The van der Waals surface area contributed by atoms with Crippen LogP contribution < -0.4 is 10.2 Å². The van der Waals surface area contributed by atoms with E-state index in [1.807, 2.05) is 24.3 Å². The second-order valence-corrected chi connectivity index (χ2v) is 6.38. The van der Waals surface area contributed by atoms with Gasteiger partial charge in [-0.25, -0.2) is 4.79 Å². The fourth-order valence-electron chi connectivity index (χ4n) is 2.87. The molecule has 1 aliphatic heterocycles. The summed E-state index contributed by atoms with van der Waals surface area (Å²) < 4.78 is 0. The lowest BCUT2D eigenvalue weighted by atomic mass is 10.2. The number of aliphatic carboxylic acids is 1. The van der Waals surface area contributed by atoms with Gasteiger partial charge in [0.25, 0.3) is 0 Å². The van der Waals surface area contributed by atoms with Crippen LogP contribution in [0.1, 0.15) is 25.3 Å². The molecular weight excluding hydrogens is 322 g/mol. The first-order valence-electron chi connectivity index (χ1n) is 8.50. The first-order chi connectivity index (χ1) is 11.9. The summed E-state index contributed by atoms with van der Waals surface area (Å²) in [5.41, 5.74) is 2.18. The molecule has 0 spiro atoms. The highest BCUT2D eigenvalue weighted by Gasteiger charge is 2.23. The second kappa shape index (κ2) is 8.50. The highest BCUT2D eigenvalue weighted by Crippen LogP contribution is 2.27. The van der Waals surface area contributed by atoms with Crippen LogP contribution in [-0.4, -0.2) is 54.6 Å². The first kappa shape index (κ1) is 18.8. The maximum absolute atomic E-state index is 12.3. The number of urea groups is 1. The molecular formula is C18H25N3O4. The predicted octanol–water partition coefficient (Wildman–Crippen LogP) is 1.72. The van der Waals surface area contributed by atoms with Gasteiger partial charge in [0.05, 0.1) is 5.92 Å². The van der Waals surface area contributed by atoms with Gasteiger partial charge in [0.1, 0.15) is 0 Å². The summed E-state index contributed by atoms with van der Waals surface area (Å²) in [4.78, 5) is 38.2. The Morgan fingerprint density at radius 1 is 1.32 bits per heavy atom. The standard InChI is InChI=1S/C18H25N3O4/c1-13(17(23)24)12-20(2)18(25)19-10-5-8-16(22)21-11-9-14-6-3-4-7-15(14)21/h3-4,6-7,13H,5,8-12H2,1-2H3,(H,19,25)(H,23,24). The Hall–Kier alpha value is -2.57. The van der Waals surface area contributed by atoms with E-state index >= 15 is 0 Å². The van der Waals surface area contributed by atoms with Crippen LogP contribution in [0.4, 0.5) is 10.5 Å². The Morgan fingerprint density at radius 2 is 2.04 bits per heavy atom. The molecule has 25 heavy (non-hydrogen) atoms. The van der Waals surface area contributed by atoms with Crippen LogP contribution in [-0.2, 0) is 16.0 Å². The molecule has 0 bridgehead atoms. The average molecular weight is 347 g/mol. The van der Waals surface area contributed by atoms with Gasteiger partial charge in [-0.2, -0.15) is 0 Å². The molecule has 1 aromatic carbocycles. The Balaban J connectivity index is 1.70. The number of nitrogens with one attached hydrogen (secondary N) is 1. The van der Waals surface area contributed by atoms with E-state index in [2.05, 4.69) is 5.32 Å².